The molecule has 0 saturated carbocycles. The smallest absolute Gasteiger partial charge is 0.246 e. The van der Waals surface area contributed by atoms with Crippen LogP contribution in [0.1, 0.15) is 58.6 Å². The first-order valence-electron chi connectivity index (χ1n) is 12.5. The van der Waals surface area contributed by atoms with Crippen LogP contribution in [0, 0.1) is 5.92 Å². The van der Waals surface area contributed by atoms with Gasteiger partial charge in [-0.15, -0.1) is 0 Å². The van der Waals surface area contributed by atoms with E-state index in [1.54, 1.807) is 0 Å². The first-order valence-corrected chi connectivity index (χ1v) is 12.9. The van der Waals surface area contributed by atoms with E-state index in [0.29, 0.717) is 43.3 Å². The van der Waals surface area contributed by atoms with E-state index < -0.39 is 11.6 Å². The highest BCUT2D eigenvalue weighted by Gasteiger charge is 2.53. The normalized spacial score (nSPS) is 20.9. The molecular formula is C27H36ClN3O3. The van der Waals surface area contributed by atoms with Crippen molar-refractivity contribution >= 4 is 23.4 Å². The summed E-state index contributed by atoms with van der Waals surface area (Å²) in [5, 5.41) is 3.76. The van der Waals surface area contributed by atoms with Crippen LogP contribution in [0.3, 0.4) is 0 Å². The number of likely N-dealkylation sites (tertiary alicyclic amines) is 1. The number of nitrogens with one attached hydrogen (secondary N) is 1. The lowest BCUT2D eigenvalue weighted by Gasteiger charge is -2.51. The summed E-state index contributed by atoms with van der Waals surface area (Å²) in [6, 6.07) is 11.2. The second-order valence-electron chi connectivity index (χ2n) is 10.1. The molecule has 184 valence electrons. The Morgan fingerprint density at radius 3 is 2.62 bits per heavy atom. The topological polar surface area (TPSA) is 65.8 Å². The zero-order chi connectivity index (χ0) is 24.3. The molecule has 4 rings (SSSR count). The summed E-state index contributed by atoms with van der Waals surface area (Å²) in [5.74, 6) is 2.14. The maximum atomic E-state index is 13.4. The predicted octanol–water partition coefficient (Wildman–Crippen LogP) is 5.11. The van der Waals surface area contributed by atoms with E-state index in [-0.39, 0.29) is 11.8 Å². The summed E-state index contributed by atoms with van der Waals surface area (Å²) in [6.07, 6.45) is 3.88. The fraction of sp³-hybridized carbons (Fsp3) is 0.556. The van der Waals surface area contributed by atoms with Crippen molar-refractivity contribution < 1.29 is 14.0 Å². The monoisotopic (exact) mass is 485 g/mol. The van der Waals surface area contributed by atoms with Gasteiger partial charge in [-0.05, 0) is 55.9 Å². The molecule has 7 heteroatoms. The van der Waals surface area contributed by atoms with Crippen LogP contribution in [-0.4, -0.2) is 52.8 Å². The Morgan fingerprint density at radius 2 is 1.94 bits per heavy atom. The van der Waals surface area contributed by atoms with Crippen LogP contribution >= 0.6 is 11.6 Å². The molecule has 0 radical (unpaired) electrons. The molecule has 2 amide bonds. The number of benzene rings is 1. The predicted molar refractivity (Wildman–Crippen MR) is 134 cm³/mol. The molecule has 2 fully saturated rings. The van der Waals surface area contributed by atoms with Crippen molar-refractivity contribution in [3.8, 4) is 11.3 Å². The van der Waals surface area contributed by atoms with Gasteiger partial charge in [-0.3, -0.25) is 14.5 Å². The Morgan fingerprint density at radius 1 is 1.18 bits per heavy atom. The van der Waals surface area contributed by atoms with Crippen molar-refractivity contribution in [2.24, 2.45) is 5.92 Å². The fourth-order valence-electron chi connectivity index (χ4n) is 5.21. The molecule has 1 aromatic heterocycles. The summed E-state index contributed by atoms with van der Waals surface area (Å²) >= 11 is 6.12. The number of hydrogen-bond acceptors (Lipinski definition) is 4. The number of halogens is 1. The Balaban J connectivity index is 1.43. The molecule has 0 aliphatic carbocycles. The van der Waals surface area contributed by atoms with E-state index in [1.807, 2.05) is 41.3 Å². The van der Waals surface area contributed by atoms with Gasteiger partial charge in [0.1, 0.15) is 23.1 Å². The SMILES string of the molecule is CCCCN1C(=O)C(CC(C)C)NC(=O)C12CCN(Cc1ccc(-c3cccc(Cl)c3)o1)CC2. The molecule has 6 nitrogen and oxygen atoms in total. The van der Waals surface area contributed by atoms with Crippen LogP contribution in [0.5, 0.6) is 0 Å². The van der Waals surface area contributed by atoms with Gasteiger partial charge >= 0.3 is 0 Å². The Labute approximate surface area is 207 Å². The van der Waals surface area contributed by atoms with E-state index >= 15 is 0 Å². The van der Waals surface area contributed by atoms with Crippen LogP contribution < -0.4 is 5.32 Å². The Kier molecular flexibility index (Phi) is 7.68. The number of amides is 2. The highest BCUT2D eigenvalue weighted by atomic mass is 35.5. The molecule has 3 heterocycles. The van der Waals surface area contributed by atoms with Crippen LogP contribution in [0.15, 0.2) is 40.8 Å². The minimum Gasteiger partial charge on any atom is -0.460 e. The summed E-state index contributed by atoms with van der Waals surface area (Å²) in [6.45, 7) is 9.11. The second kappa shape index (κ2) is 10.5. The van der Waals surface area contributed by atoms with Gasteiger partial charge < -0.3 is 14.6 Å². The first-order chi connectivity index (χ1) is 16.3. The van der Waals surface area contributed by atoms with Crippen molar-refractivity contribution in [2.75, 3.05) is 19.6 Å². The lowest BCUT2D eigenvalue weighted by molar-refractivity contribution is -0.161. The third kappa shape index (κ3) is 5.18. The second-order valence-corrected chi connectivity index (χ2v) is 10.5. The molecule has 2 aliphatic heterocycles. The summed E-state index contributed by atoms with van der Waals surface area (Å²) in [7, 11) is 0. The molecule has 0 bridgehead atoms. The standard InChI is InChI=1S/C27H36ClN3O3/c1-4-5-13-31-25(32)23(16-19(2)3)29-26(33)27(31)11-14-30(15-12-27)18-22-9-10-24(34-22)20-7-6-8-21(28)17-20/h6-10,17,19,23H,4-5,11-16,18H2,1-3H3,(H,29,33). The minimum atomic E-state index is -0.731. The van der Waals surface area contributed by atoms with Gasteiger partial charge in [-0.1, -0.05) is 50.9 Å². The number of carbonyl (C=O) groups excluding carboxylic acids is 2. The number of carbonyl (C=O) groups is 2. The lowest BCUT2D eigenvalue weighted by Crippen LogP contribution is -2.73. The number of piperazine rings is 1. The van der Waals surface area contributed by atoms with E-state index in [0.717, 1.165) is 43.0 Å². The third-order valence-corrected chi connectivity index (χ3v) is 7.32. The number of piperidine rings is 1. The van der Waals surface area contributed by atoms with Crippen LogP contribution in [0.2, 0.25) is 5.02 Å². The molecule has 2 saturated heterocycles. The van der Waals surface area contributed by atoms with Crippen LogP contribution in [-0.2, 0) is 16.1 Å². The van der Waals surface area contributed by atoms with E-state index in [4.69, 9.17) is 16.0 Å². The van der Waals surface area contributed by atoms with Crippen molar-refractivity contribution in [1.29, 1.82) is 0 Å². The molecule has 2 aromatic rings. The number of furan rings is 1. The van der Waals surface area contributed by atoms with Crippen LogP contribution in [0.25, 0.3) is 11.3 Å². The molecule has 1 unspecified atom stereocenters. The zero-order valence-corrected chi connectivity index (χ0v) is 21.2. The minimum absolute atomic E-state index is 0.0229. The van der Waals surface area contributed by atoms with Gasteiger partial charge in [-0.2, -0.15) is 0 Å². The third-order valence-electron chi connectivity index (χ3n) is 7.08. The number of nitrogens with zero attached hydrogens (tertiary/aromatic N) is 2. The summed E-state index contributed by atoms with van der Waals surface area (Å²) < 4.78 is 6.08. The first kappa shape index (κ1) is 24.8. The van der Waals surface area contributed by atoms with Gasteiger partial charge in [0.15, 0.2) is 0 Å². The maximum Gasteiger partial charge on any atom is 0.246 e. The van der Waals surface area contributed by atoms with Gasteiger partial charge in [0, 0.05) is 30.2 Å². The molecule has 1 spiro atoms. The quantitative estimate of drug-likeness (QED) is 0.564. The fourth-order valence-corrected chi connectivity index (χ4v) is 5.40. The average molecular weight is 486 g/mol. The summed E-state index contributed by atoms with van der Waals surface area (Å²) in [4.78, 5) is 31.0. The highest BCUT2D eigenvalue weighted by molar-refractivity contribution is 6.30. The zero-order valence-electron chi connectivity index (χ0n) is 20.5. The molecule has 34 heavy (non-hydrogen) atoms. The lowest BCUT2D eigenvalue weighted by atomic mass is 9.80. The average Bonchev–Trinajstić information content (AvgIpc) is 3.27. The molecule has 1 N–H and O–H groups in total. The highest BCUT2D eigenvalue weighted by Crippen LogP contribution is 2.35. The van der Waals surface area contributed by atoms with Gasteiger partial charge in [0.05, 0.1) is 6.54 Å². The number of rotatable bonds is 8. The van der Waals surface area contributed by atoms with Crippen molar-refractivity contribution in [2.45, 2.75) is 71.0 Å². The molecule has 1 aromatic carbocycles. The van der Waals surface area contributed by atoms with Crippen molar-refractivity contribution in [3.05, 3.63) is 47.2 Å². The van der Waals surface area contributed by atoms with Crippen molar-refractivity contribution in [1.82, 2.24) is 15.1 Å². The van der Waals surface area contributed by atoms with Crippen LogP contribution in [0.4, 0.5) is 0 Å². The van der Waals surface area contributed by atoms with Crippen molar-refractivity contribution in [3.63, 3.8) is 0 Å². The molecule has 2 aliphatic rings. The molecule has 1 atom stereocenters. The van der Waals surface area contributed by atoms with E-state index in [2.05, 4.69) is 31.0 Å². The Bertz CT molecular complexity index is 1010. The summed E-state index contributed by atoms with van der Waals surface area (Å²) in [5.41, 5.74) is 0.224. The van der Waals surface area contributed by atoms with E-state index in [1.165, 1.54) is 0 Å². The van der Waals surface area contributed by atoms with Gasteiger partial charge in [0.25, 0.3) is 0 Å². The van der Waals surface area contributed by atoms with E-state index in [9.17, 15) is 9.59 Å². The number of unbranched alkanes of at least 4 members (excludes halogenated alkanes) is 1. The molecular weight excluding hydrogens is 450 g/mol. The van der Waals surface area contributed by atoms with Gasteiger partial charge in [0.2, 0.25) is 11.8 Å². The van der Waals surface area contributed by atoms with Gasteiger partial charge in [-0.25, -0.2) is 0 Å². The maximum absolute atomic E-state index is 13.4. The largest absolute Gasteiger partial charge is 0.460 e. The number of hydrogen-bond donors (Lipinski definition) is 1. The Hall–Kier alpha value is -2.31.